The maximum absolute atomic E-state index is 13.0. The first kappa shape index (κ1) is 22.5. The summed E-state index contributed by atoms with van der Waals surface area (Å²) < 4.78 is 1.98. The maximum atomic E-state index is 13.0. The van der Waals surface area contributed by atoms with Crippen LogP contribution in [-0.2, 0) is 4.79 Å². The summed E-state index contributed by atoms with van der Waals surface area (Å²) in [5.74, 6) is 0.632. The number of Topliss-reactive ketones (excluding diaryl/α,β-unsaturated/α-hetero) is 1. The summed E-state index contributed by atoms with van der Waals surface area (Å²) in [6.45, 7) is 3.01. The van der Waals surface area contributed by atoms with Crippen molar-refractivity contribution in [3.8, 4) is 28.6 Å². The summed E-state index contributed by atoms with van der Waals surface area (Å²) >= 11 is 0. The van der Waals surface area contributed by atoms with Gasteiger partial charge in [0, 0.05) is 42.4 Å². The first-order valence-corrected chi connectivity index (χ1v) is 11.7. The molecule has 0 radical (unpaired) electrons. The van der Waals surface area contributed by atoms with E-state index in [1.54, 1.807) is 31.5 Å². The number of likely N-dealkylation sites (tertiary alicyclic amines) is 1. The maximum Gasteiger partial charge on any atom is 0.253 e. The molecule has 0 unspecified atom stereocenters. The molecule has 2 aromatic carbocycles. The lowest BCUT2D eigenvalue weighted by molar-refractivity contribution is -0.118. The van der Waals surface area contributed by atoms with Crippen LogP contribution in [0.15, 0.2) is 67.1 Å². The number of hydrogen-bond acceptors (Lipinski definition) is 5. The van der Waals surface area contributed by atoms with Crippen LogP contribution >= 0.6 is 0 Å². The highest BCUT2D eigenvalue weighted by Gasteiger charge is 2.24. The number of nitrogens with zero attached hydrogens (tertiary/aromatic N) is 5. The molecule has 7 nitrogen and oxygen atoms in total. The second kappa shape index (κ2) is 9.51. The fraction of sp³-hybridized carbons (Fsp3) is 0.250. The molecule has 0 spiro atoms. The molecule has 0 bridgehead atoms. The van der Waals surface area contributed by atoms with Gasteiger partial charge >= 0.3 is 0 Å². The first-order valence-electron chi connectivity index (χ1n) is 11.7. The van der Waals surface area contributed by atoms with Crippen LogP contribution in [0, 0.1) is 17.2 Å². The van der Waals surface area contributed by atoms with E-state index in [0.717, 1.165) is 41.0 Å². The smallest absolute Gasteiger partial charge is 0.253 e. The predicted octanol–water partition coefficient (Wildman–Crippen LogP) is 4.77. The van der Waals surface area contributed by atoms with Crippen LogP contribution in [0.3, 0.4) is 0 Å². The van der Waals surface area contributed by atoms with Crippen LogP contribution in [0.25, 0.3) is 28.2 Å². The van der Waals surface area contributed by atoms with Crippen molar-refractivity contribution >= 4 is 17.3 Å². The van der Waals surface area contributed by atoms with Gasteiger partial charge in [0.1, 0.15) is 5.78 Å². The molecule has 1 saturated heterocycles. The summed E-state index contributed by atoms with van der Waals surface area (Å²) in [5, 5.41) is 9.05. The van der Waals surface area contributed by atoms with Crippen molar-refractivity contribution < 1.29 is 9.59 Å². The van der Waals surface area contributed by atoms with Gasteiger partial charge in [0.15, 0.2) is 5.65 Å². The van der Waals surface area contributed by atoms with E-state index in [1.807, 2.05) is 51.9 Å². The highest BCUT2D eigenvalue weighted by atomic mass is 16.2. The van der Waals surface area contributed by atoms with E-state index in [0.29, 0.717) is 36.6 Å². The van der Waals surface area contributed by atoms with Gasteiger partial charge in [-0.15, -0.1) is 0 Å². The van der Waals surface area contributed by atoms with Crippen molar-refractivity contribution in [3.63, 3.8) is 0 Å². The predicted molar refractivity (Wildman–Crippen MR) is 132 cm³/mol. The van der Waals surface area contributed by atoms with Gasteiger partial charge in [-0.05, 0) is 49.9 Å². The van der Waals surface area contributed by atoms with Crippen LogP contribution in [0.4, 0.5) is 0 Å². The van der Waals surface area contributed by atoms with Gasteiger partial charge < -0.3 is 9.69 Å². The molecule has 3 heterocycles. The summed E-state index contributed by atoms with van der Waals surface area (Å²) in [5.41, 5.74) is 5.54. The van der Waals surface area contributed by atoms with Crippen molar-refractivity contribution in [2.24, 2.45) is 5.92 Å². The minimum Gasteiger partial charge on any atom is -0.339 e. The topological polar surface area (TPSA) is 91.4 Å². The number of nitriles is 1. The molecule has 0 aliphatic carbocycles. The summed E-state index contributed by atoms with van der Waals surface area (Å²) in [6.07, 6.45) is 7.82. The van der Waals surface area contributed by atoms with Gasteiger partial charge in [-0.2, -0.15) is 5.26 Å². The zero-order chi connectivity index (χ0) is 24.4. The highest BCUT2D eigenvalue weighted by Crippen LogP contribution is 2.26. The standard InChI is InChI=1S/C28H25N5O2/c1-19(34)14-20-10-12-32(13-11-20)28(35)24-8-6-22(7-9-24)25-18-33-26(16-31-27(33)17-30-25)23-4-2-21(15-29)3-5-23/h2-9,16-18,20H,10-14H2,1H3. The molecule has 1 amide bonds. The molecular weight excluding hydrogens is 438 g/mol. The summed E-state index contributed by atoms with van der Waals surface area (Å²) in [7, 11) is 0. The third-order valence-electron chi connectivity index (χ3n) is 6.61. The minimum atomic E-state index is 0.0268. The molecule has 2 aromatic heterocycles. The number of imidazole rings is 1. The first-order chi connectivity index (χ1) is 17.0. The fourth-order valence-electron chi connectivity index (χ4n) is 4.68. The van der Waals surface area contributed by atoms with E-state index in [9.17, 15) is 9.59 Å². The molecular formula is C28H25N5O2. The van der Waals surface area contributed by atoms with Crippen molar-refractivity contribution in [2.45, 2.75) is 26.2 Å². The highest BCUT2D eigenvalue weighted by molar-refractivity contribution is 5.94. The lowest BCUT2D eigenvalue weighted by Gasteiger charge is -2.31. The third-order valence-corrected chi connectivity index (χ3v) is 6.61. The number of benzene rings is 2. The molecule has 1 aliphatic rings. The Bertz CT molecular complexity index is 1420. The molecule has 0 saturated carbocycles. The molecule has 1 aliphatic heterocycles. The average molecular weight is 464 g/mol. The van der Waals surface area contributed by atoms with E-state index in [4.69, 9.17) is 5.26 Å². The number of piperidine rings is 1. The van der Waals surface area contributed by atoms with Gasteiger partial charge in [-0.3, -0.25) is 14.2 Å². The van der Waals surface area contributed by atoms with Crippen LogP contribution in [0.1, 0.15) is 42.1 Å². The Morgan fingerprint density at radius 2 is 1.66 bits per heavy atom. The molecule has 174 valence electrons. The fourth-order valence-corrected chi connectivity index (χ4v) is 4.68. The number of rotatable bonds is 5. The van der Waals surface area contributed by atoms with Gasteiger partial charge in [0.2, 0.25) is 0 Å². The zero-order valence-electron chi connectivity index (χ0n) is 19.5. The number of aromatic nitrogens is 3. The van der Waals surface area contributed by atoms with Crippen LogP contribution < -0.4 is 0 Å². The largest absolute Gasteiger partial charge is 0.339 e. The number of carbonyl (C=O) groups is 2. The molecule has 1 fully saturated rings. The third kappa shape index (κ3) is 4.69. The van der Waals surface area contributed by atoms with Gasteiger partial charge in [-0.25, -0.2) is 4.98 Å². The number of amides is 1. The number of ketones is 1. The number of carbonyl (C=O) groups excluding carboxylic acids is 2. The Labute approximate surface area is 203 Å². The Morgan fingerprint density at radius 1 is 0.971 bits per heavy atom. The molecule has 35 heavy (non-hydrogen) atoms. The number of fused-ring (bicyclic) bond motifs is 1. The quantitative estimate of drug-likeness (QED) is 0.425. The lowest BCUT2D eigenvalue weighted by Crippen LogP contribution is -2.38. The second-order valence-electron chi connectivity index (χ2n) is 9.05. The minimum absolute atomic E-state index is 0.0268. The Kier molecular flexibility index (Phi) is 6.11. The summed E-state index contributed by atoms with van der Waals surface area (Å²) in [6, 6.07) is 17.1. The van der Waals surface area contributed by atoms with Gasteiger partial charge in [0.05, 0.1) is 35.4 Å². The van der Waals surface area contributed by atoms with Crippen molar-refractivity contribution in [1.82, 2.24) is 19.3 Å². The molecule has 5 rings (SSSR count). The van der Waals surface area contributed by atoms with Gasteiger partial charge in [-0.1, -0.05) is 24.3 Å². The van der Waals surface area contributed by atoms with Crippen molar-refractivity contribution in [2.75, 3.05) is 13.1 Å². The number of hydrogen-bond donors (Lipinski definition) is 0. The van der Waals surface area contributed by atoms with E-state index >= 15 is 0 Å². The van der Waals surface area contributed by atoms with E-state index in [1.165, 1.54) is 0 Å². The van der Waals surface area contributed by atoms with E-state index < -0.39 is 0 Å². The summed E-state index contributed by atoms with van der Waals surface area (Å²) in [4.78, 5) is 35.2. The van der Waals surface area contributed by atoms with E-state index in [2.05, 4.69) is 16.0 Å². The Morgan fingerprint density at radius 3 is 2.31 bits per heavy atom. The van der Waals surface area contributed by atoms with Crippen LogP contribution in [0.5, 0.6) is 0 Å². The average Bonchev–Trinajstić information content (AvgIpc) is 3.32. The van der Waals surface area contributed by atoms with E-state index in [-0.39, 0.29) is 11.7 Å². The van der Waals surface area contributed by atoms with Crippen molar-refractivity contribution in [3.05, 3.63) is 78.2 Å². The van der Waals surface area contributed by atoms with Gasteiger partial charge in [0.25, 0.3) is 5.91 Å². The molecule has 0 atom stereocenters. The molecule has 7 heteroatoms. The SMILES string of the molecule is CC(=O)CC1CCN(C(=O)c2ccc(-c3cn4c(-c5ccc(C#N)cc5)cnc4cn3)cc2)CC1. The Balaban J connectivity index is 1.34. The van der Waals surface area contributed by atoms with Crippen LogP contribution in [0.2, 0.25) is 0 Å². The molecule has 0 N–H and O–H groups in total. The molecule has 4 aromatic rings. The lowest BCUT2D eigenvalue weighted by atomic mass is 9.92. The normalized spacial score (nSPS) is 14.1. The zero-order valence-corrected chi connectivity index (χ0v) is 19.5. The monoisotopic (exact) mass is 463 g/mol. The van der Waals surface area contributed by atoms with Crippen LogP contribution in [-0.4, -0.2) is 44.0 Å². The van der Waals surface area contributed by atoms with Crippen molar-refractivity contribution in [1.29, 1.82) is 5.26 Å². The second-order valence-corrected chi connectivity index (χ2v) is 9.05. The Hall–Kier alpha value is -4.31.